The summed E-state index contributed by atoms with van der Waals surface area (Å²) in [6.45, 7) is 10.2. The summed E-state index contributed by atoms with van der Waals surface area (Å²) in [5, 5.41) is 0. The molecule has 0 aliphatic rings. The van der Waals surface area contributed by atoms with Crippen LogP contribution in [0.2, 0.25) is 0 Å². The van der Waals surface area contributed by atoms with Crippen molar-refractivity contribution in [2.45, 2.75) is 47.2 Å². The van der Waals surface area contributed by atoms with Gasteiger partial charge in [-0.3, -0.25) is 9.88 Å². The van der Waals surface area contributed by atoms with Gasteiger partial charge in [-0.2, -0.15) is 11.8 Å². The second-order valence-electron chi connectivity index (χ2n) is 5.51. The number of thioether (sulfide) groups is 1. The molecular weight excluding hydrogens is 312 g/mol. The molecule has 0 amide bonds. The first kappa shape index (κ1) is 22.7. The van der Waals surface area contributed by atoms with Gasteiger partial charge in [0.05, 0.1) is 0 Å². The third-order valence-corrected chi connectivity index (χ3v) is 3.97. The molecule has 2 aromatic rings. The zero-order valence-electron chi connectivity index (χ0n) is 16.2. The highest BCUT2D eigenvalue weighted by Crippen LogP contribution is 2.08. The van der Waals surface area contributed by atoms with E-state index < -0.39 is 0 Å². The highest BCUT2D eigenvalue weighted by Gasteiger charge is 2.01. The van der Waals surface area contributed by atoms with Crippen molar-refractivity contribution in [1.29, 1.82) is 0 Å². The third-order valence-electron chi connectivity index (χ3n) is 3.16. The smallest absolute Gasteiger partial charge is 0.0312 e. The van der Waals surface area contributed by atoms with E-state index in [2.05, 4.69) is 67.4 Å². The van der Waals surface area contributed by atoms with Gasteiger partial charge in [0.2, 0.25) is 0 Å². The Morgan fingerprint density at radius 1 is 1.00 bits per heavy atom. The Hall–Kier alpha value is -1.32. The normalized spacial score (nSPS) is 9.62. The molecule has 0 saturated carbocycles. The van der Waals surface area contributed by atoms with Gasteiger partial charge in [-0.1, -0.05) is 56.7 Å². The first-order valence-electron chi connectivity index (χ1n) is 8.77. The molecule has 2 rings (SSSR count). The van der Waals surface area contributed by atoms with Crippen molar-refractivity contribution in [3.63, 3.8) is 0 Å². The highest BCUT2D eigenvalue weighted by molar-refractivity contribution is 7.98. The van der Waals surface area contributed by atoms with Gasteiger partial charge < -0.3 is 0 Å². The van der Waals surface area contributed by atoms with Crippen LogP contribution in [0.15, 0.2) is 48.8 Å². The molecule has 0 bridgehead atoms. The third kappa shape index (κ3) is 11.3. The van der Waals surface area contributed by atoms with Gasteiger partial charge in [-0.15, -0.1) is 0 Å². The predicted octanol–water partition coefficient (Wildman–Crippen LogP) is 5.81. The van der Waals surface area contributed by atoms with Gasteiger partial charge in [0.1, 0.15) is 0 Å². The number of hydrogen-bond donors (Lipinski definition) is 0. The van der Waals surface area contributed by atoms with E-state index >= 15 is 0 Å². The fraction of sp³-hybridized carbons (Fsp3) is 0.476. The summed E-state index contributed by atoms with van der Waals surface area (Å²) in [5.41, 5.74) is 3.91. The average Bonchev–Trinajstić information content (AvgIpc) is 2.61. The summed E-state index contributed by atoms with van der Waals surface area (Å²) in [6.07, 6.45) is 7.17. The number of pyridine rings is 1. The summed E-state index contributed by atoms with van der Waals surface area (Å²) in [5.74, 6) is 1.31. The lowest BCUT2D eigenvalue weighted by atomic mass is 10.1. The molecule has 1 aromatic carbocycles. The van der Waals surface area contributed by atoms with Crippen molar-refractivity contribution in [3.8, 4) is 0 Å². The standard InChI is InChI=1S/C15H18N2.C4H10S.C2H6/c1-13-5-7-14(8-6-13)11-17(2)12-15-4-3-9-16-10-15;1-3-4-5-2;1-2/h3-10H,11-12H2,1-2H3;3-4H2,1-2H3;1-2H3. The molecule has 24 heavy (non-hydrogen) atoms. The van der Waals surface area contributed by atoms with Crippen LogP contribution in [0.1, 0.15) is 43.9 Å². The van der Waals surface area contributed by atoms with Gasteiger partial charge >= 0.3 is 0 Å². The summed E-state index contributed by atoms with van der Waals surface area (Å²) in [6, 6.07) is 12.8. The van der Waals surface area contributed by atoms with Crippen LogP contribution < -0.4 is 0 Å². The Kier molecular flexibility index (Phi) is 14.4. The van der Waals surface area contributed by atoms with E-state index in [1.807, 2.05) is 44.1 Å². The molecule has 0 fully saturated rings. The van der Waals surface area contributed by atoms with Crippen LogP contribution >= 0.6 is 11.8 Å². The number of hydrogen-bond acceptors (Lipinski definition) is 3. The van der Waals surface area contributed by atoms with Crippen molar-refractivity contribution >= 4 is 11.8 Å². The van der Waals surface area contributed by atoms with E-state index in [1.54, 1.807) is 0 Å². The van der Waals surface area contributed by atoms with Crippen LogP contribution in [-0.2, 0) is 13.1 Å². The quantitative estimate of drug-likeness (QED) is 0.657. The van der Waals surface area contributed by atoms with E-state index in [0.29, 0.717) is 0 Å². The fourth-order valence-electron chi connectivity index (χ4n) is 2.07. The zero-order chi connectivity index (χ0) is 18.2. The van der Waals surface area contributed by atoms with E-state index in [-0.39, 0.29) is 0 Å². The van der Waals surface area contributed by atoms with Gasteiger partial charge in [0.25, 0.3) is 0 Å². The van der Waals surface area contributed by atoms with Crippen molar-refractivity contribution in [1.82, 2.24) is 9.88 Å². The van der Waals surface area contributed by atoms with E-state index in [9.17, 15) is 0 Å². The molecule has 0 unspecified atom stereocenters. The molecule has 1 aromatic heterocycles. The SMILES string of the molecule is CC.CCCSC.Cc1ccc(CN(C)Cc2cccnc2)cc1. The van der Waals surface area contributed by atoms with Crippen molar-refractivity contribution < 1.29 is 0 Å². The summed E-state index contributed by atoms with van der Waals surface area (Å²) in [7, 11) is 2.13. The summed E-state index contributed by atoms with van der Waals surface area (Å²) in [4.78, 5) is 6.42. The minimum atomic E-state index is 0.932. The maximum absolute atomic E-state index is 4.13. The van der Waals surface area contributed by atoms with E-state index in [4.69, 9.17) is 0 Å². The molecule has 134 valence electrons. The lowest BCUT2D eigenvalue weighted by Crippen LogP contribution is -2.17. The Balaban J connectivity index is 0.000000650. The molecule has 0 aliphatic carbocycles. The second kappa shape index (κ2) is 15.2. The Morgan fingerprint density at radius 3 is 2.08 bits per heavy atom. The van der Waals surface area contributed by atoms with Gasteiger partial charge in [0, 0.05) is 25.5 Å². The molecule has 0 saturated heterocycles. The van der Waals surface area contributed by atoms with Crippen LogP contribution in [0.25, 0.3) is 0 Å². The summed E-state index contributed by atoms with van der Waals surface area (Å²) >= 11 is 1.90. The number of benzene rings is 1. The zero-order valence-corrected chi connectivity index (χ0v) is 17.1. The maximum Gasteiger partial charge on any atom is 0.0312 e. The maximum atomic E-state index is 4.13. The topological polar surface area (TPSA) is 16.1 Å². The number of nitrogens with zero attached hydrogens (tertiary/aromatic N) is 2. The Bertz CT molecular complexity index is 495. The van der Waals surface area contributed by atoms with Gasteiger partial charge in [-0.25, -0.2) is 0 Å². The van der Waals surface area contributed by atoms with Crippen molar-refractivity contribution in [2.75, 3.05) is 19.1 Å². The Morgan fingerprint density at radius 2 is 1.62 bits per heavy atom. The molecule has 1 heterocycles. The molecule has 0 aliphatic heterocycles. The van der Waals surface area contributed by atoms with Crippen LogP contribution in [0.5, 0.6) is 0 Å². The minimum Gasteiger partial charge on any atom is -0.298 e. The average molecular weight is 347 g/mol. The molecule has 0 radical (unpaired) electrons. The van der Waals surface area contributed by atoms with Crippen LogP contribution in [0.4, 0.5) is 0 Å². The molecule has 0 spiro atoms. The van der Waals surface area contributed by atoms with Crippen molar-refractivity contribution in [2.24, 2.45) is 0 Å². The molecule has 2 nitrogen and oxygen atoms in total. The fourth-order valence-corrected chi connectivity index (χ4v) is 2.48. The van der Waals surface area contributed by atoms with Gasteiger partial charge in [0.15, 0.2) is 0 Å². The lowest BCUT2D eigenvalue weighted by molar-refractivity contribution is 0.318. The van der Waals surface area contributed by atoms with Crippen molar-refractivity contribution in [3.05, 3.63) is 65.5 Å². The monoisotopic (exact) mass is 346 g/mol. The first-order valence-corrected chi connectivity index (χ1v) is 10.2. The minimum absolute atomic E-state index is 0.932. The van der Waals surface area contributed by atoms with E-state index in [1.165, 1.54) is 28.9 Å². The highest BCUT2D eigenvalue weighted by atomic mass is 32.2. The van der Waals surface area contributed by atoms with E-state index in [0.717, 1.165) is 13.1 Å². The number of aromatic nitrogens is 1. The lowest BCUT2D eigenvalue weighted by Gasteiger charge is -2.16. The van der Waals surface area contributed by atoms with Crippen LogP contribution in [-0.4, -0.2) is 28.9 Å². The predicted molar refractivity (Wildman–Crippen MR) is 111 cm³/mol. The number of rotatable bonds is 6. The molecule has 0 N–H and O–H groups in total. The van der Waals surface area contributed by atoms with Crippen LogP contribution in [0.3, 0.4) is 0 Å². The first-order chi connectivity index (χ1) is 11.7. The summed E-state index contributed by atoms with van der Waals surface area (Å²) < 4.78 is 0. The Labute approximate surface area is 153 Å². The molecular formula is C21H34N2S. The molecule has 3 heteroatoms. The van der Waals surface area contributed by atoms with Gasteiger partial charge in [-0.05, 0) is 49.6 Å². The number of aryl methyl sites for hydroxylation is 1. The second-order valence-corrected chi connectivity index (χ2v) is 6.50. The molecule has 0 atom stereocenters. The largest absolute Gasteiger partial charge is 0.298 e. The van der Waals surface area contributed by atoms with Crippen LogP contribution in [0, 0.1) is 6.92 Å².